The van der Waals surface area contributed by atoms with Crippen LogP contribution in [-0.4, -0.2) is 29.1 Å². The van der Waals surface area contributed by atoms with Gasteiger partial charge in [0.25, 0.3) is 0 Å². The second kappa shape index (κ2) is 5.50. The van der Waals surface area contributed by atoms with Crippen molar-refractivity contribution in [3.05, 3.63) is 38.9 Å². The number of rotatable bonds is 2. The quantitative estimate of drug-likeness (QED) is 0.609. The van der Waals surface area contributed by atoms with Crippen LogP contribution >= 0.6 is 0 Å². The third-order valence-corrected chi connectivity index (χ3v) is 3.67. The lowest BCUT2D eigenvalue weighted by Crippen LogP contribution is -2.29. The largest absolute Gasteiger partial charge is 0.382 e. The van der Waals surface area contributed by atoms with E-state index in [-0.39, 0.29) is 0 Å². The summed E-state index contributed by atoms with van der Waals surface area (Å²) in [7, 11) is 0. The van der Waals surface area contributed by atoms with E-state index in [1.807, 2.05) is 18.2 Å². The Bertz CT molecular complexity index is 711. The first kappa shape index (κ1) is 12.9. The number of aromatic nitrogens is 2. The Labute approximate surface area is 115 Å². The molecule has 1 aromatic heterocycles. The van der Waals surface area contributed by atoms with Gasteiger partial charge in [0.05, 0.1) is 11.0 Å². The molecule has 0 saturated carbocycles. The zero-order valence-corrected chi connectivity index (χ0v) is 11.2. The minimum absolute atomic E-state index is 0.442. The lowest BCUT2D eigenvalue weighted by Gasteiger charge is -2.17. The second-order valence-corrected chi connectivity index (χ2v) is 5.19. The van der Waals surface area contributed by atoms with Crippen molar-refractivity contribution in [2.45, 2.75) is 25.3 Å². The first-order chi connectivity index (χ1) is 9.72. The fourth-order valence-electron chi connectivity index (χ4n) is 2.60. The molecule has 1 aliphatic rings. The van der Waals surface area contributed by atoms with Crippen LogP contribution in [-0.2, 0) is 0 Å². The molecular weight excluding hydrogens is 256 g/mol. The molecule has 1 saturated heterocycles. The maximum absolute atomic E-state index is 11.4. The topological polar surface area (TPSA) is 89.8 Å². The normalized spacial score (nSPS) is 19.7. The maximum atomic E-state index is 11.4. The average Bonchev–Trinajstić information content (AvgIpc) is 2.69. The third-order valence-electron chi connectivity index (χ3n) is 3.67. The molecule has 1 fully saturated rings. The van der Waals surface area contributed by atoms with Crippen LogP contribution in [0.5, 0.6) is 0 Å². The molecule has 2 aromatic rings. The number of H-pyrrole nitrogens is 2. The molecule has 6 nitrogen and oxygen atoms in total. The number of aromatic amines is 2. The van der Waals surface area contributed by atoms with Gasteiger partial charge in [-0.25, -0.2) is 0 Å². The van der Waals surface area contributed by atoms with E-state index in [1.54, 1.807) is 0 Å². The average molecular weight is 274 g/mol. The Morgan fingerprint density at radius 1 is 1.00 bits per heavy atom. The predicted molar refractivity (Wildman–Crippen MR) is 79.3 cm³/mol. The Balaban J connectivity index is 1.86. The van der Waals surface area contributed by atoms with Crippen LogP contribution in [0.1, 0.15) is 19.3 Å². The highest BCUT2D eigenvalue weighted by atomic mass is 16.2. The van der Waals surface area contributed by atoms with E-state index in [4.69, 9.17) is 0 Å². The van der Waals surface area contributed by atoms with Gasteiger partial charge in [-0.2, -0.15) is 0 Å². The van der Waals surface area contributed by atoms with Gasteiger partial charge in [-0.1, -0.05) is 0 Å². The molecular formula is C14H18N4O2. The molecule has 0 aliphatic carbocycles. The van der Waals surface area contributed by atoms with Crippen LogP contribution in [0.15, 0.2) is 27.8 Å². The summed E-state index contributed by atoms with van der Waals surface area (Å²) in [5.74, 6) is 0. The summed E-state index contributed by atoms with van der Waals surface area (Å²) in [5, 5.41) is 6.87. The van der Waals surface area contributed by atoms with Gasteiger partial charge in [-0.15, -0.1) is 0 Å². The highest BCUT2D eigenvalue weighted by Gasteiger charge is 2.11. The fourth-order valence-corrected chi connectivity index (χ4v) is 2.60. The molecule has 4 N–H and O–H groups in total. The van der Waals surface area contributed by atoms with Gasteiger partial charge in [0.2, 0.25) is 0 Å². The number of fused-ring (bicyclic) bond motifs is 1. The van der Waals surface area contributed by atoms with Crippen molar-refractivity contribution >= 4 is 16.7 Å². The molecule has 20 heavy (non-hydrogen) atoms. The second-order valence-electron chi connectivity index (χ2n) is 5.19. The SMILES string of the molecule is O=c1[nH]c2ccc(NC3CCCNCC3)cc2[nH]c1=O. The van der Waals surface area contributed by atoms with E-state index in [2.05, 4.69) is 20.6 Å². The lowest BCUT2D eigenvalue weighted by atomic mass is 10.1. The molecule has 0 spiro atoms. The van der Waals surface area contributed by atoms with E-state index in [0.717, 1.165) is 38.0 Å². The monoisotopic (exact) mass is 274 g/mol. The Hall–Kier alpha value is -2.08. The lowest BCUT2D eigenvalue weighted by molar-refractivity contribution is 0.638. The summed E-state index contributed by atoms with van der Waals surface area (Å²) in [6.07, 6.45) is 3.38. The van der Waals surface area contributed by atoms with Crippen molar-refractivity contribution < 1.29 is 0 Å². The molecule has 1 aliphatic heterocycles. The number of hydrogen-bond donors (Lipinski definition) is 4. The zero-order chi connectivity index (χ0) is 13.9. The molecule has 0 amide bonds. The van der Waals surface area contributed by atoms with E-state index in [0.29, 0.717) is 17.1 Å². The van der Waals surface area contributed by atoms with Gasteiger partial charge in [0, 0.05) is 11.7 Å². The van der Waals surface area contributed by atoms with Gasteiger partial charge in [-0.3, -0.25) is 9.59 Å². The third kappa shape index (κ3) is 2.75. The number of anilines is 1. The van der Waals surface area contributed by atoms with Crippen molar-refractivity contribution in [1.29, 1.82) is 0 Å². The van der Waals surface area contributed by atoms with Crippen molar-refractivity contribution in [2.75, 3.05) is 18.4 Å². The summed E-state index contributed by atoms with van der Waals surface area (Å²) in [5.41, 5.74) is 1.02. The Kier molecular flexibility index (Phi) is 3.56. The molecule has 1 atom stereocenters. The summed E-state index contributed by atoms with van der Waals surface area (Å²) in [6, 6.07) is 6.04. The van der Waals surface area contributed by atoms with E-state index >= 15 is 0 Å². The first-order valence-electron chi connectivity index (χ1n) is 6.96. The zero-order valence-electron chi connectivity index (χ0n) is 11.2. The minimum atomic E-state index is -0.618. The summed E-state index contributed by atoms with van der Waals surface area (Å²) in [6.45, 7) is 2.10. The van der Waals surface area contributed by atoms with Crippen molar-refractivity contribution in [3.63, 3.8) is 0 Å². The van der Waals surface area contributed by atoms with E-state index in [1.165, 1.54) is 0 Å². The molecule has 1 unspecified atom stereocenters. The predicted octanol–water partition coefficient (Wildman–Crippen LogP) is 0.770. The van der Waals surface area contributed by atoms with Crippen LogP contribution < -0.4 is 21.8 Å². The molecule has 1 aromatic carbocycles. The molecule has 0 bridgehead atoms. The maximum Gasteiger partial charge on any atom is 0.314 e. The molecule has 2 heterocycles. The molecule has 106 valence electrons. The van der Waals surface area contributed by atoms with Gasteiger partial charge < -0.3 is 20.6 Å². The number of hydrogen-bond acceptors (Lipinski definition) is 4. The number of nitrogens with one attached hydrogen (secondary N) is 4. The van der Waals surface area contributed by atoms with Crippen LogP contribution in [0, 0.1) is 0 Å². The van der Waals surface area contributed by atoms with Crippen molar-refractivity contribution in [1.82, 2.24) is 15.3 Å². The molecule has 6 heteroatoms. The van der Waals surface area contributed by atoms with Crippen LogP contribution in [0.3, 0.4) is 0 Å². The van der Waals surface area contributed by atoms with Crippen molar-refractivity contribution in [3.8, 4) is 0 Å². The van der Waals surface area contributed by atoms with Crippen molar-refractivity contribution in [2.24, 2.45) is 0 Å². The fraction of sp³-hybridized carbons (Fsp3) is 0.429. The van der Waals surface area contributed by atoms with Gasteiger partial charge in [0.1, 0.15) is 0 Å². The van der Waals surface area contributed by atoms with Crippen LogP contribution in [0.4, 0.5) is 5.69 Å². The summed E-state index contributed by atoms with van der Waals surface area (Å²) in [4.78, 5) is 27.8. The highest BCUT2D eigenvalue weighted by molar-refractivity contribution is 5.78. The van der Waals surface area contributed by atoms with Crippen LogP contribution in [0.25, 0.3) is 11.0 Å². The summed E-state index contributed by atoms with van der Waals surface area (Å²) >= 11 is 0. The van der Waals surface area contributed by atoms with E-state index < -0.39 is 11.1 Å². The molecule has 0 radical (unpaired) electrons. The highest BCUT2D eigenvalue weighted by Crippen LogP contribution is 2.17. The smallest absolute Gasteiger partial charge is 0.314 e. The van der Waals surface area contributed by atoms with Gasteiger partial charge in [0.15, 0.2) is 0 Å². The first-order valence-corrected chi connectivity index (χ1v) is 6.96. The van der Waals surface area contributed by atoms with E-state index in [9.17, 15) is 9.59 Å². The number of benzene rings is 1. The molecule has 3 rings (SSSR count). The Morgan fingerprint density at radius 2 is 1.80 bits per heavy atom. The Morgan fingerprint density at radius 3 is 2.65 bits per heavy atom. The van der Waals surface area contributed by atoms with Crippen LogP contribution in [0.2, 0.25) is 0 Å². The standard InChI is InChI=1S/C14H18N4O2/c19-13-14(20)18-12-8-10(3-4-11(12)17-13)16-9-2-1-6-15-7-5-9/h3-4,8-9,15-16H,1-2,5-7H2,(H,17,19)(H,18,20). The minimum Gasteiger partial charge on any atom is -0.382 e. The van der Waals surface area contributed by atoms with Gasteiger partial charge in [-0.05, 0) is 50.6 Å². The van der Waals surface area contributed by atoms with Gasteiger partial charge >= 0.3 is 11.1 Å². The summed E-state index contributed by atoms with van der Waals surface area (Å²) < 4.78 is 0.